The predicted octanol–water partition coefficient (Wildman–Crippen LogP) is 4.15. The van der Waals surface area contributed by atoms with Gasteiger partial charge >= 0.3 is 12.3 Å². The molecule has 140 valence electrons. The summed E-state index contributed by atoms with van der Waals surface area (Å²) in [6.45, 7) is 2.50. The lowest BCUT2D eigenvalue weighted by Crippen LogP contribution is -2.57. The number of nitrogens with one attached hydrogen (secondary N) is 2. The van der Waals surface area contributed by atoms with Crippen molar-refractivity contribution in [3.05, 3.63) is 35.9 Å². The maximum Gasteiger partial charge on any atom is 0.407 e. The summed E-state index contributed by atoms with van der Waals surface area (Å²) < 4.78 is 43.9. The number of alkyl carbamates (subject to hydrolysis) is 1. The molecule has 0 aromatic heterocycles. The third-order valence-electron chi connectivity index (χ3n) is 4.54. The maximum atomic E-state index is 12.9. The molecule has 2 rings (SSSR count). The summed E-state index contributed by atoms with van der Waals surface area (Å²) >= 11 is 0. The molecular weight excluding hydrogens is 333 g/mol. The summed E-state index contributed by atoms with van der Waals surface area (Å²) in [6.07, 6.45) is -2.34. The van der Waals surface area contributed by atoms with Gasteiger partial charge in [-0.15, -0.1) is 0 Å². The van der Waals surface area contributed by atoms with Gasteiger partial charge in [0.25, 0.3) is 0 Å². The Kier molecular flexibility index (Phi) is 6.32. The number of amides is 1. The predicted molar refractivity (Wildman–Crippen MR) is 89.1 cm³/mol. The second-order valence-electron chi connectivity index (χ2n) is 7.02. The van der Waals surface area contributed by atoms with Crippen molar-refractivity contribution in [2.45, 2.75) is 69.9 Å². The van der Waals surface area contributed by atoms with Crippen molar-refractivity contribution in [2.75, 3.05) is 0 Å². The van der Waals surface area contributed by atoms with E-state index >= 15 is 0 Å². The van der Waals surface area contributed by atoms with Crippen molar-refractivity contribution in [1.82, 2.24) is 10.6 Å². The Morgan fingerprint density at radius 3 is 2.20 bits per heavy atom. The van der Waals surface area contributed by atoms with Crippen molar-refractivity contribution in [3.8, 4) is 0 Å². The van der Waals surface area contributed by atoms with Gasteiger partial charge in [0, 0.05) is 12.1 Å². The fourth-order valence-corrected chi connectivity index (χ4v) is 2.91. The number of benzene rings is 1. The first-order chi connectivity index (χ1) is 11.7. The molecule has 1 fully saturated rings. The van der Waals surface area contributed by atoms with Crippen LogP contribution in [0.2, 0.25) is 0 Å². The zero-order valence-corrected chi connectivity index (χ0v) is 14.5. The van der Waals surface area contributed by atoms with E-state index in [0.717, 1.165) is 19.4 Å². The smallest absolute Gasteiger partial charge is 0.407 e. The maximum absolute atomic E-state index is 12.9. The second-order valence-corrected chi connectivity index (χ2v) is 7.02. The van der Waals surface area contributed by atoms with Crippen LogP contribution in [0.4, 0.5) is 18.0 Å². The van der Waals surface area contributed by atoms with Crippen LogP contribution in [-0.4, -0.2) is 29.9 Å². The molecule has 2 N–H and O–H groups in total. The Labute approximate surface area is 146 Å². The highest BCUT2D eigenvalue weighted by molar-refractivity contribution is 5.67. The molecule has 0 saturated heterocycles. The highest BCUT2D eigenvalue weighted by Gasteiger charge is 2.48. The number of alkyl halides is 3. The summed E-state index contributed by atoms with van der Waals surface area (Å²) in [5.74, 6) is 0. The molecule has 1 aromatic carbocycles. The van der Waals surface area contributed by atoms with Gasteiger partial charge in [-0.2, -0.15) is 13.2 Å². The van der Waals surface area contributed by atoms with Crippen LogP contribution in [0, 0.1) is 0 Å². The van der Waals surface area contributed by atoms with Gasteiger partial charge in [-0.1, -0.05) is 30.3 Å². The van der Waals surface area contributed by atoms with Gasteiger partial charge in [0.15, 0.2) is 0 Å². The Balaban J connectivity index is 1.70. The summed E-state index contributed by atoms with van der Waals surface area (Å²) in [6, 6.07) is 9.10. The van der Waals surface area contributed by atoms with E-state index in [4.69, 9.17) is 4.74 Å². The molecule has 0 radical (unpaired) electrons. The quantitative estimate of drug-likeness (QED) is 0.831. The largest absolute Gasteiger partial charge is 0.445 e. The van der Waals surface area contributed by atoms with Crippen LogP contribution in [0.5, 0.6) is 0 Å². The fraction of sp³-hybridized carbons (Fsp3) is 0.611. The highest BCUT2D eigenvalue weighted by atomic mass is 19.4. The van der Waals surface area contributed by atoms with Crippen molar-refractivity contribution >= 4 is 6.09 Å². The lowest BCUT2D eigenvalue weighted by atomic mass is 9.89. The van der Waals surface area contributed by atoms with Crippen molar-refractivity contribution in [3.63, 3.8) is 0 Å². The molecule has 0 bridgehead atoms. The first-order valence-electron chi connectivity index (χ1n) is 8.49. The molecule has 1 amide bonds. The molecule has 1 aliphatic rings. The lowest BCUT2D eigenvalue weighted by Gasteiger charge is -2.37. The highest BCUT2D eigenvalue weighted by Crippen LogP contribution is 2.31. The number of halogens is 3. The summed E-state index contributed by atoms with van der Waals surface area (Å²) in [5, 5.41) is 5.48. The number of carbonyl (C=O) groups is 1. The molecule has 0 unspecified atom stereocenters. The zero-order valence-electron chi connectivity index (χ0n) is 14.5. The summed E-state index contributed by atoms with van der Waals surface area (Å²) in [5.41, 5.74) is -1.01. The normalized spacial score (nSPS) is 21.6. The molecule has 0 heterocycles. The average molecular weight is 358 g/mol. The standard InChI is InChI=1S/C18H25F3N2O2/c1-17(2,18(19,20)21)23-15-10-8-14(9-11-15)22-16(24)25-12-13-6-4-3-5-7-13/h3-7,14-15,23H,8-12H2,1-2H3,(H,22,24)/t14-,15-. The topological polar surface area (TPSA) is 50.4 Å². The molecule has 7 heteroatoms. The monoisotopic (exact) mass is 358 g/mol. The Morgan fingerprint density at radius 1 is 1.08 bits per heavy atom. The van der Waals surface area contributed by atoms with Crippen LogP contribution in [0.25, 0.3) is 0 Å². The average Bonchev–Trinajstić information content (AvgIpc) is 2.54. The molecule has 0 aliphatic heterocycles. The molecule has 1 aromatic rings. The van der Waals surface area contributed by atoms with Crippen LogP contribution < -0.4 is 10.6 Å². The van der Waals surface area contributed by atoms with Crippen molar-refractivity contribution in [2.24, 2.45) is 0 Å². The van der Waals surface area contributed by atoms with Crippen LogP contribution in [0.3, 0.4) is 0 Å². The number of hydrogen-bond acceptors (Lipinski definition) is 3. The van der Waals surface area contributed by atoms with Crippen LogP contribution in [0.1, 0.15) is 45.1 Å². The van der Waals surface area contributed by atoms with Crippen LogP contribution in [-0.2, 0) is 11.3 Å². The Bertz CT molecular complexity index is 553. The number of ether oxygens (including phenoxy) is 1. The van der Waals surface area contributed by atoms with Crippen molar-refractivity contribution in [1.29, 1.82) is 0 Å². The van der Waals surface area contributed by atoms with Gasteiger partial charge in [0.1, 0.15) is 12.1 Å². The zero-order chi connectivity index (χ0) is 18.5. The van der Waals surface area contributed by atoms with E-state index in [2.05, 4.69) is 10.6 Å². The van der Waals surface area contributed by atoms with Crippen LogP contribution >= 0.6 is 0 Å². The van der Waals surface area contributed by atoms with Gasteiger partial charge in [-0.25, -0.2) is 4.79 Å². The minimum atomic E-state index is -4.29. The number of hydrogen-bond donors (Lipinski definition) is 2. The first-order valence-corrected chi connectivity index (χ1v) is 8.49. The van der Waals surface area contributed by atoms with Gasteiger partial charge in [0.05, 0.1) is 0 Å². The summed E-state index contributed by atoms with van der Waals surface area (Å²) in [7, 11) is 0. The Morgan fingerprint density at radius 2 is 1.64 bits per heavy atom. The van der Waals surface area contributed by atoms with E-state index in [0.29, 0.717) is 25.7 Å². The van der Waals surface area contributed by atoms with Crippen LogP contribution in [0.15, 0.2) is 30.3 Å². The lowest BCUT2D eigenvalue weighted by molar-refractivity contribution is -0.188. The van der Waals surface area contributed by atoms with E-state index in [9.17, 15) is 18.0 Å². The summed E-state index contributed by atoms with van der Waals surface area (Å²) in [4.78, 5) is 11.8. The molecule has 25 heavy (non-hydrogen) atoms. The van der Waals surface area contributed by atoms with E-state index in [1.165, 1.54) is 0 Å². The molecule has 1 aliphatic carbocycles. The third kappa shape index (κ3) is 5.92. The van der Waals surface area contributed by atoms with Gasteiger partial charge in [-0.3, -0.25) is 0 Å². The minimum Gasteiger partial charge on any atom is -0.445 e. The molecule has 1 saturated carbocycles. The van der Waals surface area contributed by atoms with E-state index in [1.54, 1.807) is 0 Å². The third-order valence-corrected chi connectivity index (χ3v) is 4.54. The molecule has 0 spiro atoms. The van der Waals surface area contributed by atoms with Gasteiger partial charge in [-0.05, 0) is 45.1 Å². The minimum absolute atomic E-state index is 0.0599. The fourth-order valence-electron chi connectivity index (χ4n) is 2.91. The van der Waals surface area contributed by atoms with E-state index in [1.807, 2.05) is 30.3 Å². The van der Waals surface area contributed by atoms with Gasteiger partial charge in [0.2, 0.25) is 0 Å². The van der Waals surface area contributed by atoms with Gasteiger partial charge < -0.3 is 15.4 Å². The molecule has 0 atom stereocenters. The Hall–Kier alpha value is -1.76. The number of carbonyl (C=O) groups excluding carboxylic acids is 1. The molecular formula is C18H25F3N2O2. The number of rotatable bonds is 5. The van der Waals surface area contributed by atoms with E-state index in [-0.39, 0.29) is 18.7 Å². The SMILES string of the molecule is CC(C)(N[C@H]1CC[C@H](NC(=O)OCc2ccccc2)CC1)C(F)(F)F. The molecule has 4 nitrogen and oxygen atoms in total. The second kappa shape index (κ2) is 8.08. The van der Waals surface area contributed by atoms with Crippen molar-refractivity contribution < 1.29 is 22.7 Å². The first kappa shape index (κ1) is 19.6. The van der Waals surface area contributed by atoms with E-state index < -0.39 is 17.8 Å².